The summed E-state index contributed by atoms with van der Waals surface area (Å²) < 4.78 is 0. The molecule has 2 N–H and O–H groups in total. The maximum atomic E-state index is 11.8. The number of phenols is 2. The summed E-state index contributed by atoms with van der Waals surface area (Å²) in [7, 11) is 0. The van der Waals surface area contributed by atoms with Crippen molar-refractivity contribution in [3.63, 3.8) is 0 Å². The van der Waals surface area contributed by atoms with Gasteiger partial charge >= 0.3 is 0 Å². The molecule has 18 heavy (non-hydrogen) atoms. The Morgan fingerprint density at radius 1 is 1.00 bits per heavy atom. The van der Waals surface area contributed by atoms with E-state index in [0.717, 1.165) is 5.56 Å². The molecule has 0 amide bonds. The summed E-state index contributed by atoms with van der Waals surface area (Å²) in [4.78, 5) is 11.8. The van der Waals surface area contributed by atoms with Crippen LogP contribution in [0.3, 0.4) is 0 Å². The molecule has 0 fully saturated rings. The smallest absolute Gasteiger partial charge is 0.189 e. The van der Waals surface area contributed by atoms with Crippen molar-refractivity contribution in [2.45, 2.75) is 0 Å². The zero-order chi connectivity index (χ0) is 13.0. The molecule has 0 spiro atoms. The first-order valence-electron chi connectivity index (χ1n) is 5.46. The first-order valence-corrected chi connectivity index (χ1v) is 5.46. The van der Waals surface area contributed by atoms with Crippen LogP contribution in [0.1, 0.15) is 15.9 Å². The van der Waals surface area contributed by atoms with Crippen molar-refractivity contribution in [2.24, 2.45) is 0 Å². The predicted molar refractivity (Wildman–Crippen MR) is 69.6 cm³/mol. The molecule has 0 unspecified atom stereocenters. The number of carbonyl (C=O) groups is 1. The van der Waals surface area contributed by atoms with Gasteiger partial charge in [-0.15, -0.1) is 0 Å². The van der Waals surface area contributed by atoms with Gasteiger partial charge in [0.25, 0.3) is 0 Å². The second kappa shape index (κ2) is 5.19. The number of allylic oxidation sites excluding steroid dienone is 1. The van der Waals surface area contributed by atoms with E-state index >= 15 is 0 Å². The molecule has 0 saturated heterocycles. The van der Waals surface area contributed by atoms with Crippen LogP contribution in [0.2, 0.25) is 0 Å². The van der Waals surface area contributed by atoms with Gasteiger partial charge in [0.05, 0.1) is 5.56 Å². The van der Waals surface area contributed by atoms with Crippen LogP contribution in [-0.2, 0) is 0 Å². The van der Waals surface area contributed by atoms with E-state index in [-0.39, 0.29) is 22.8 Å². The van der Waals surface area contributed by atoms with Crippen LogP contribution in [0.25, 0.3) is 6.08 Å². The van der Waals surface area contributed by atoms with Crippen LogP contribution in [0, 0.1) is 0 Å². The molecule has 0 aromatic heterocycles. The van der Waals surface area contributed by atoms with E-state index in [1.807, 2.05) is 30.3 Å². The molecule has 0 saturated carbocycles. The Bertz CT molecular complexity index is 586. The molecule has 2 aromatic carbocycles. The van der Waals surface area contributed by atoms with Gasteiger partial charge in [0, 0.05) is 0 Å². The molecule has 2 aromatic rings. The minimum Gasteiger partial charge on any atom is -0.508 e. The SMILES string of the molecule is O=C(/C=C/c1ccccc1)c1cc(O)ccc1O. The van der Waals surface area contributed by atoms with Crippen molar-refractivity contribution in [1.82, 2.24) is 0 Å². The monoisotopic (exact) mass is 240 g/mol. The van der Waals surface area contributed by atoms with Crippen LogP contribution in [0.4, 0.5) is 0 Å². The number of carbonyl (C=O) groups excluding carboxylic acids is 1. The topological polar surface area (TPSA) is 57.5 Å². The lowest BCUT2D eigenvalue weighted by atomic mass is 10.1. The highest BCUT2D eigenvalue weighted by molar-refractivity contribution is 6.08. The third-order valence-corrected chi connectivity index (χ3v) is 2.47. The summed E-state index contributed by atoms with van der Waals surface area (Å²) in [5, 5.41) is 18.8. The third kappa shape index (κ3) is 2.77. The Morgan fingerprint density at radius 3 is 2.44 bits per heavy atom. The Hall–Kier alpha value is -2.55. The lowest BCUT2D eigenvalue weighted by molar-refractivity contribution is 0.104. The first-order chi connectivity index (χ1) is 8.66. The van der Waals surface area contributed by atoms with Gasteiger partial charge in [-0.3, -0.25) is 4.79 Å². The van der Waals surface area contributed by atoms with Gasteiger partial charge in [-0.05, 0) is 29.8 Å². The van der Waals surface area contributed by atoms with E-state index in [4.69, 9.17) is 0 Å². The van der Waals surface area contributed by atoms with Gasteiger partial charge in [0.2, 0.25) is 0 Å². The summed E-state index contributed by atoms with van der Waals surface area (Å²) in [5.74, 6) is -0.549. The van der Waals surface area contributed by atoms with E-state index in [0.29, 0.717) is 0 Å². The van der Waals surface area contributed by atoms with Crippen molar-refractivity contribution < 1.29 is 15.0 Å². The van der Waals surface area contributed by atoms with Crippen molar-refractivity contribution in [3.8, 4) is 11.5 Å². The molecule has 3 nitrogen and oxygen atoms in total. The molecule has 3 heteroatoms. The first kappa shape index (κ1) is 11.9. The van der Waals surface area contributed by atoms with Crippen LogP contribution < -0.4 is 0 Å². The largest absolute Gasteiger partial charge is 0.508 e. The maximum Gasteiger partial charge on any atom is 0.189 e. The van der Waals surface area contributed by atoms with Crippen LogP contribution in [-0.4, -0.2) is 16.0 Å². The Labute approximate surface area is 105 Å². The molecule has 0 bridgehead atoms. The van der Waals surface area contributed by atoms with E-state index in [1.165, 1.54) is 24.3 Å². The number of hydrogen-bond donors (Lipinski definition) is 2. The fourth-order valence-electron chi connectivity index (χ4n) is 1.55. The molecule has 0 aliphatic rings. The number of ketones is 1. The number of rotatable bonds is 3. The van der Waals surface area contributed by atoms with E-state index < -0.39 is 0 Å². The molecule has 0 aliphatic heterocycles. The Balaban J connectivity index is 2.22. The zero-order valence-corrected chi connectivity index (χ0v) is 9.58. The van der Waals surface area contributed by atoms with Gasteiger partial charge in [-0.1, -0.05) is 36.4 Å². The van der Waals surface area contributed by atoms with Gasteiger partial charge in [-0.25, -0.2) is 0 Å². The lowest BCUT2D eigenvalue weighted by Crippen LogP contribution is -1.94. The van der Waals surface area contributed by atoms with Gasteiger partial charge in [-0.2, -0.15) is 0 Å². The Morgan fingerprint density at radius 2 is 1.72 bits per heavy atom. The molecule has 0 heterocycles. The number of aromatic hydroxyl groups is 2. The molecule has 0 aliphatic carbocycles. The van der Waals surface area contributed by atoms with E-state index in [2.05, 4.69) is 0 Å². The fraction of sp³-hybridized carbons (Fsp3) is 0. The maximum absolute atomic E-state index is 11.8. The van der Waals surface area contributed by atoms with E-state index in [1.54, 1.807) is 6.08 Å². The highest BCUT2D eigenvalue weighted by atomic mass is 16.3. The van der Waals surface area contributed by atoms with Gasteiger partial charge < -0.3 is 10.2 Å². The average Bonchev–Trinajstić information content (AvgIpc) is 2.40. The highest BCUT2D eigenvalue weighted by Crippen LogP contribution is 2.22. The molecule has 2 rings (SSSR count). The van der Waals surface area contributed by atoms with Gasteiger partial charge in [0.15, 0.2) is 5.78 Å². The quantitative estimate of drug-likeness (QED) is 0.492. The average molecular weight is 240 g/mol. The fourth-order valence-corrected chi connectivity index (χ4v) is 1.55. The minimum atomic E-state index is -0.354. The van der Waals surface area contributed by atoms with Crippen LogP contribution in [0.5, 0.6) is 11.5 Å². The van der Waals surface area contributed by atoms with Crippen LogP contribution >= 0.6 is 0 Å². The minimum absolute atomic E-state index is 0.0516. The highest BCUT2D eigenvalue weighted by Gasteiger charge is 2.08. The summed E-state index contributed by atoms with van der Waals surface area (Å²) in [5.41, 5.74) is 0.979. The van der Waals surface area contributed by atoms with Crippen molar-refractivity contribution in [2.75, 3.05) is 0 Å². The van der Waals surface area contributed by atoms with Crippen molar-refractivity contribution >= 4 is 11.9 Å². The Kier molecular flexibility index (Phi) is 3.44. The molecule has 90 valence electrons. The summed E-state index contributed by atoms with van der Waals surface area (Å²) >= 11 is 0. The lowest BCUT2D eigenvalue weighted by Gasteiger charge is -2.01. The standard InChI is InChI=1S/C15H12O3/c16-12-7-9-15(18)13(10-12)14(17)8-6-11-4-2-1-3-5-11/h1-10,16,18H/b8-6+. The van der Waals surface area contributed by atoms with Crippen molar-refractivity contribution in [1.29, 1.82) is 0 Å². The van der Waals surface area contributed by atoms with Crippen molar-refractivity contribution in [3.05, 3.63) is 65.7 Å². The number of phenolic OH excluding ortho intramolecular Hbond substituents is 2. The van der Waals surface area contributed by atoms with Crippen LogP contribution in [0.15, 0.2) is 54.6 Å². The second-order valence-electron chi connectivity index (χ2n) is 3.81. The zero-order valence-electron chi connectivity index (χ0n) is 9.58. The molecule has 0 atom stereocenters. The molecule has 0 radical (unpaired) electrons. The summed E-state index contributed by atoms with van der Waals surface area (Å²) in [6.07, 6.45) is 3.02. The normalized spacial score (nSPS) is 10.7. The van der Waals surface area contributed by atoms with E-state index in [9.17, 15) is 15.0 Å². The second-order valence-corrected chi connectivity index (χ2v) is 3.81. The number of benzene rings is 2. The molecular weight excluding hydrogens is 228 g/mol. The number of hydrogen-bond acceptors (Lipinski definition) is 3. The molecular formula is C15H12O3. The summed E-state index contributed by atoms with van der Waals surface area (Å²) in [6, 6.07) is 13.2. The van der Waals surface area contributed by atoms with Gasteiger partial charge in [0.1, 0.15) is 11.5 Å². The predicted octanol–water partition coefficient (Wildman–Crippen LogP) is 2.99. The third-order valence-electron chi connectivity index (χ3n) is 2.47. The summed E-state index contributed by atoms with van der Waals surface area (Å²) in [6.45, 7) is 0.